The van der Waals surface area contributed by atoms with Crippen molar-refractivity contribution in [3.63, 3.8) is 0 Å². The van der Waals surface area contributed by atoms with Crippen LogP contribution in [0.2, 0.25) is 0 Å². The molecule has 0 bridgehead atoms. The quantitative estimate of drug-likeness (QED) is 0.879. The Kier molecular flexibility index (Phi) is 4.47. The molecular formula is C15H20N2O2S. The highest BCUT2D eigenvalue weighted by atomic mass is 32.2. The average molecular weight is 292 g/mol. The third kappa shape index (κ3) is 3.46. The monoisotopic (exact) mass is 292 g/mol. The number of hydrogen-bond acceptors (Lipinski definition) is 4. The Labute approximate surface area is 123 Å². The van der Waals surface area contributed by atoms with Gasteiger partial charge in [-0.15, -0.1) is 0 Å². The summed E-state index contributed by atoms with van der Waals surface area (Å²) in [5, 5.41) is 6.48. The molecule has 0 aliphatic carbocycles. The van der Waals surface area contributed by atoms with Gasteiger partial charge in [-0.25, -0.2) is 0 Å². The van der Waals surface area contributed by atoms with Gasteiger partial charge in [0.05, 0.1) is 6.04 Å². The SMILES string of the molecule is O=C(CC1CSCCN1)NC1COc2ccccc2C1. The zero-order valence-electron chi connectivity index (χ0n) is 11.4. The van der Waals surface area contributed by atoms with Gasteiger partial charge in [-0.1, -0.05) is 18.2 Å². The summed E-state index contributed by atoms with van der Waals surface area (Å²) in [4.78, 5) is 12.1. The van der Waals surface area contributed by atoms with Crippen molar-refractivity contribution in [2.75, 3.05) is 24.7 Å². The normalized spacial score (nSPS) is 25.4. The van der Waals surface area contributed by atoms with Gasteiger partial charge in [-0.2, -0.15) is 11.8 Å². The van der Waals surface area contributed by atoms with Gasteiger partial charge in [-0.05, 0) is 18.1 Å². The lowest BCUT2D eigenvalue weighted by molar-refractivity contribution is -0.122. The van der Waals surface area contributed by atoms with Crippen LogP contribution in [0, 0.1) is 0 Å². The number of para-hydroxylation sites is 1. The van der Waals surface area contributed by atoms with Gasteiger partial charge in [0.1, 0.15) is 12.4 Å². The maximum absolute atomic E-state index is 12.1. The van der Waals surface area contributed by atoms with Gasteiger partial charge in [0, 0.05) is 30.5 Å². The van der Waals surface area contributed by atoms with Crippen LogP contribution >= 0.6 is 11.8 Å². The lowest BCUT2D eigenvalue weighted by Gasteiger charge is -2.27. The summed E-state index contributed by atoms with van der Waals surface area (Å²) < 4.78 is 5.69. The molecule has 2 aliphatic heterocycles. The molecule has 1 aromatic carbocycles. The molecule has 1 saturated heterocycles. The van der Waals surface area contributed by atoms with E-state index in [1.165, 1.54) is 5.56 Å². The van der Waals surface area contributed by atoms with E-state index in [1.54, 1.807) is 0 Å². The summed E-state index contributed by atoms with van der Waals surface area (Å²) >= 11 is 1.91. The Morgan fingerprint density at radius 2 is 2.35 bits per heavy atom. The Bertz CT molecular complexity index is 475. The minimum atomic E-state index is 0.0913. The highest BCUT2D eigenvalue weighted by molar-refractivity contribution is 7.99. The molecule has 0 aromatic heterocycles. The summed E-state index contributed by atoms with van der Waals surface area (Å²) in [7, 11) is 0. The number of carbonyl (C=O) groups is 1. The van der Waals surface area contributed by atoms with Crippen LogP contribution in [0.4, 0.5) is 0 Å². The van der Waals surface area contributed by atoms with Gasteiger partial charge in [-0.3, -0.25) is 4.79 Å². The Balaban J connectivity index is 1.50. The Morgan fingerprint density at radius 1 is 1.45 bits per heavy atom. The number of benzene rings is 1. The summed E-state index contributed by atoms with van der Waals surface area (Å²) in [6, 6.07) is 8.43. The van der Waals surface area contributed by atoms with Crippen molar-refractivity contribution < 1.29 is 9.53 Å². The molecule has 108 valence electrons. The smallest absolute Gasteiger partial charge is 0.221 e. The molecule has 20 heavy (non-hydrogen) atoms. The molecule has 2 N–H and O–H groups in total. The number of rotatable bonds is 3. The van der Waals surface area contributed by atoms with E-state index < -0.39 is 0 Å². The van der Waals surface area contributed by atoms with Crippen molar-refractivity contribution in [3.05, 3.63) is 29.8 Å². The zero-order valence-corrected chi connectivity index (χ0v) is 12.2. The van der Waals surface area contributed by atoms with Crippen LogP contribution in [-0.4, -0.2) is 42.6 Å². The van der Waals surface area contributed by atoms with Gasteiger partial charge < -0.3 is 15.4 Å². The van der Waals surface area contributed by atoms with Gasteiger partial charge in [0.15, 0.2) is 0 Å². The van der Waals surface area contributed by atoms with E-state index in [-0.39, 0.29) is 11.9 Å². The molecule has 1 aromatic rings. The third-order valence-corrected chi connectivity index (χ3v) is 4.81. The molecule has 2 aliphatic rings. The maximum Gasteiger partial charge on any atom is 0.221 e. The van der Waals surface area contributed by atoms with Crippen molar-refractivity contribution in [1.29, 1.82) is 0 Å². The number of ether oxygens (including phenoxy) is 1. The molecule has 2 unspecified atom stereocenters. The van der Waals surface area contributed by atoms with Crippen molar-refractivity contribution in [1.82, 2.24) is 10.6 Å². The number of carbonyl (C=O) groups excluding carboxylic acids is 1. The fraction of sp³-hybridized carbons (Fsp3) is 0.533. The second-order valence-corrected chi connectivity index (χ2v) is 6.47. The largest absolute Gasteiger partial charge is 0.491 e. The fourth-order valence-electron chi connectivity index (χ4n) is 2.68. The standard InChI is InChI=1S/C15H20N2O2S/c18-15(8-13-10-20-6-5-16-13)17-12-7-11-3-1-2-4-14(11)19-9-12/h1-4,12-13,16H,5-10H2,(H,17,18). The number of amides is 1. The molecule has 1 amide bonds. The van der Waals surface area contributed by atoms with Crippen LogP contribution in [0.15, 0.2) is 24.3 Å². The average Bonchev–Trinajstić information content (AvgIpc) is 2.48. The molecule has 2 heterocycles. The van der Waals surface area contributed by atoms with E-state index in [0.717, 1.165) is 30.2 Å². The molecule has 1 fully saturated rings. The number of hydrogen-bond donors (Lipinski definition) is 2. The first kappa shape index (κ1) is 13.8. The molecule has 4 nitrogen and oxygen atoms in total. The van der Waals surface area contributed by atoms with E-state index in [9.17, 15) is 4.79 Å². The minimum Gasteiger partial charge on any atom is -0.491 e. The van der Waals surface area contributed by atoms with Gasteiger partial charge >= 0.3 is 0 Å². The topological polar surface area (TPSA) is 50.4 Å². The van der Waals surface area contributed by atoms with Crippen molar-refractivity contribution in [2.45, 2.75) is 24.9 Å². The highest BCUT2D eigenvalue weighted by Gasteiger charge is 2.23. The van der Waals surface area contributed by atoms with Crippen molar-refractivity contribution in [2.24, 2.45) is 0 Å². The first-order valence-corrected chi connectivity index (χ1v) is 8.28. The van der Waals surface area contributed by atoms with Crippen molar-refractivity contribution >= 4 is 17.7 Å². The predicted molar refractivity (Wildman–Crippen MR) is 81.3 cm³/mol. The number of fused-ring (bicyclic) bond motifs is 1. The summed E-state index contributed by atoms with van der Waals surface area (Å²) in [6.45, 7) is 1.57. The van der Waals surface area contributed by atoms with Crippen molar-refractivity contribution in [3.8, 4) is 5.75 Å². The van der Waals surface area contributed by atoms with Gasteiger partial charge in [0.25, 0.3) is 0 Å². The lowest BCUT2D eigenvalue weighted by atomic mass is 10.0. The molecule has 0 radical (unpaired) electrons. The Hall–Kier alpha value is -1.20. The second kappa shape index (κ2) is 6.50. The third-order valence-electron chi connectivity index (χ3n) is 3.67. The number of nitrogens with one attached hydrogen (secondary N) is 2. The molecule has 0 saturated carbocycles. The van der Waals surface area contributed by atoms with Crippen LogP contribution in [0.5, 0.6) is 5.75 Å². The molecule has 2 atom stereocenters. The first-order chi connectivity index (χ1) is 9.81. The minimum absolute atomic E-state index is 0.0913. The van der Waals surface area contributed by atoms with E-state index in [4.69, 9.17) is 4.74 Å². The van der Waals surface area contributed by atoms with E-state index in [1.807, 2.05) is 30.0 Å². The molecule has 0 spiro atoms. The Morgan fingerprint density at radius 3 is 3.20 bits per heavy atom. The van der Waals surface area contributed by atoms with Crippen LogP contribution in [0.1, 0.15) is 12.0 Å². The summed E-state index contributed by atoms with van der Waals surface area (Å²) in [5.74, 6) is 3.24. The van der Waals surface area contributed by atoms with E-state index in [0.29, 0.717) is 19.1 Å². The van der Waals surface area contributed by atoms with Crippen LogP contribution in [-0.2, 0) is 11.2 Å². The van der Waals surface area contributed by atoms with Crippen LogP contribution in [0.25, 0.3) is 0 Å². The highest BCUT2D eigenvalue weighted by Crippen LogP contribution is 2.23. The molecule has 3 rings (SSSR count). The predicted octanol–water partition coefficient (Wildman–Crippen LogP) is 1.20. The fourth-order valence-corrected chi connectivity index (χ4v) is 3.63. The van der Waals surface area contributed by atoms with Gasteiger partial charge in [0.2, 0.25) is 5.91 Å². The van der Waals surface area contributed by atoms with E-state index >= 15 is 0 Å². The van der Waals surface area contributed by atoms with E-state index in [2.05, 4.69) is 16.7 Å². The second-order valence-electron chi connectivity index (χ2n) is 5.32. The summed E-state index contributed by atoms with van der Waals surface area (Å²) in [5.41, 5.74) is 1.18. The molecule has 5 heteroatoms. The van der Waals surface area contributed by atoms with Crippen LogP contribution in [0.3, 0.4) is 0 Å². The zero-order chi connectivity index (χ0) is 13.8. The molecular weight excluding hydrogens is 272 g/mol. The number of thioether (sulfide) groups is 1. The first-order valence-electron chi connectivity index (χ1n) is 7.12. The van der Waals surface area contributed by atoms with Crippen LogP contribution < -0.4 is 15.4 Å². The maximum atomic E-state index is 12.1. The summed E-state index contributed by atoms with van der Waals surface area (Å²) in [6.07, 6.45) is 1.42. The lowest BCUT2D eigenvalue weighted by Crippen LogP contribution is -2.46.